The Bertz CT molecular complexity index is 878. The SMILES string of the molecule is Cc1c(C(=O)Nc2ccccc2-n2ccnc2)nnn1C1CCNC1. The molecule has 4 rings (SSSR count). The Labute approximate surface area is 144 Å². The van der Waals surface area contributed by atoms with Gasteiger partial charge in [0.2, 0.25) is 0 Å². The molecule has 3 aromatic rings. The van der Waals surface area contributed by atoms with Crippen LogP contribution in [0.5, 0.6) is 0 Å². The van der Waals surface area contributed by atoms with Gasteiger partial charge in [-0.25, -0.2) is 9.67 Å². The van der Waals surface area contributed by atoms with Gasteiger partial charge in [-0.05, 0) is 32.0 Å². The predicted molar refractivity (Wildman–Crippen MR) is 92.8 cm³/mol. The monoisotopic (exact) mass is 337 g/mol. The van der Waals surface area contributed by atoms with E-state index in [1.807, 2.05) is 46.6 Å². The molecule has 0 aliphatic carbocycles. The highest BCUT2D eigenvalue weighted by Gasteiger charge is 2.24. The maximum absolute atomic E-state index is 12.7. The van der Waals surface area contributed by atoms with Crippen molar-refractivity contribution in [3.63, 3.8) is 0 Å². The first kappa shape index (κ1) is 15.5. The lowest BCUT2D eigenvalue weighted by atomic mass is 10.2. The Morgan fingerprint density at radius 2 is 2.24 bits per heavy atom. The minimum Gasteiger partial charge on any atom is -0.319 e. The number of rotatable bonds is 4. The van der Waals surface area contributed by atoms with Crippen LogP contribution in [0.3, 0.4) is 0 Å². The molecule has 25 heavy (non-hydrogen) atoms. The third-order valence-corrected chi connectivity index (χ3v) is 4.46. The molecule has 8 nitrogen and oxygen atoms in total. The minimum atomic E-state index is -0.262. The third kappa shape index (κ3) is 2.91. The highest BCUT2D eigenvalue weighted by molar-refractivity contribution is 6.04. The summed E-state index contributed by atoms with van der Waals surface area (Å²) in [6, 6.07) is 7.83. The van der Waals surface area contributed by atoms with Gasteiger partial charge in [-0.3, -0.25) is 4.79 Å². The van der Waals surface area contributed by atoms with Crippen LogP contribution >= 0.6 is 0 Å². The summed E-state index contributed by atoms with van der Waals surface area (Å²) in [7, 11) is 0. The van der Waals surface area contributed by atoms with Crippen LogP contribution in [-0.2, 0) is 0 Å². The molecule has 1 saturated heterocycles. The summed E-state index contributed by atoms with van der Waals surface area (Å²) in [6.07, 6.45) is 6.22. The number of carbonyl (C=O) groups excluding carboxylic acids is 1. The van der Waals surface area contributed by atoms with E-state index in [0.717, 1.165) is 30.9 Å². The average Bonchev–Trinajstić information content (AvgIpc) is 3.37. The molecule has 1 atom stereocenters. The fourth-order valence-corrected chi connectivity index (χ4v) is 3.13. The van der Waals surface area contributed by atoms with Crippen molar-refractivity contribution < 1.29 is 4.79 Å². The topological polar surface area (TPSA) is 89.7 Å². The van der Waals surface area contributed by atoms with E-state index in [4.69, 9.17) is 0 Å². The van der Waals surface area contributed by atoms with Gasteiger partial charge >= 0.3 is 0 Å². The molecule has 8 heteroatoms. The summed E-state index contributed by atoms with van der Waals surface area (Å²) >= 11 is 0. The van der Waals surface area contributed by atoms with Crippen LogP contribution in [0.15, 0.2) is 43.0 Å². The van der Waals surface area contributed by atoms with Crippen molar-refractivity contribution in [2.45, 2.75) is 19.4 Å². The van der Waals surface area contributed by atoms with Crippen LogP contribution in [-0.4, -0.2) is 43.5 Å². The molecule has 3 heterocycles. The zero-order valence-electron chi connectivity index (χ0n) is 13.9. The van der Waals surface area contributed by atoms with Gasteiger partial charge in [-0.2, -0.15) is 0 Å². The van der Waals surface area contributed by atoms with Crippen molar-refractivity contribution in [1.29, 1.82) is 0 Å². The van der Waals surface area contributed by atoms with E-state index in [2.05, 4.69) is 25.9 Å². The summed E-state index contributed by atoms with van der Waals surface area (Å²) in [5, 5.41) is 14.5. The van der Waals surface area contributed by atoms with E-state index in [1.165, 1.54) is 0 Å². The lowest BCUT2D eigenvalue weighted by Crippen LogP contribution is -2.18. The molecule has 2 aromatic heterocycles. The van der Waals surface area contributed by atoms with Crippen molar-refractivity contribution >= 4 is 11.6 Å². The van der Waals surface area contributed by atoms with Gasteiger partial charge in [0.15, 0.2) is 5.69 Å². The highest BCUT2D eigenvalue weighted by atomic mass is 16.2. The molecule has 0 radical (unpaired) electrons. The number of hydrogen-bond acceptors (Lipinski definition) is 5. The summed E-state index contributed by atoms with van der Waals surface area (Å²) in [5.74, 6) is -0.262. The lowest BCUT2D eigenvalue weighted by molar-refractivity contribution is 0.102. The number of aromatic nitrogens is 5. The zero-order chi connectivity index (χ0) is 17.2. The number of para-hydroxylation sites is 2. The fraction of sp³-hybridized carbons (Fsp3) is 0.294. The molecule has 128 valence electrons. The van der Waals surface area contributed by atoms with E-state index in [9.17, 15) is 4.79 Å². The Morgan fingerprint density at radius 1 is 1.36 bits per heavy atom. The van der Waals surface area contributed by atoms with Crippen molar-refractivity contribution in [2.24, 2.45) is 0 Å². The van der Waals surface area contributed by atoms with Crippen molar-refractivity contribution in [2.75, 3.05) is 18.4 Å². The molecule has 1 aliphatic heterocycles. The Kier molecular flexibility index (Phi) is 4.02. The number of imidazole rings is 1. The molecule has 1 aliphatic rings. The highest BCUT2D eigenvalue weighted by Crippen LogP contribution is 2.22. The first-order valence-electron chi connectivity index (χ1n) is 8.25. The number of amides is 1. The van der Waals surface area contributed by atoms with Crippen molar-refractivity contribution in [3.8, 4) is 5.69 Å². The minimum absolute atomic E-state index is 0.257. The Hall–Kier alpha value is -3.00. The third-order valence-electron chi connectivity index (χ3n) is 4.46. The number of hydrogen-bond donors (Lipinski definition) is 2. The lowest BCUT2D eigenvalue weighted by Gasteiger charge is -2.12. The molecule has 2 N–H and O–H groups in total. The molecular formula is C17H19N7O. The maximum atomic E-state index is 12.7. The molecule has 1 aromatic carbocycles. The zero-order valence-corrected chi connectivity index (χ0v) is 13.9. The largest absolute Gasteiger partial charge is 0.319 e. The summed E-state index contributed by atoms with van der Waals surface area (Å²) in [4.78, 5) is 16.8. The Morgan fingerprint density at radius 3 is 3.00 bits per heavy atom. The number of benzene rings is 1. The van der Waals surface area contributed by atoms with Crippen LogP contribution in [0.25, 0.3) is 5.69 Å². The maximum Gasteiger partial charge on any atom is 0.278 e. The van der Waals surface area contributed by atoms with Crippen molar-refractivity contribution in [1.82, 2.24) is 29.9 Å². The fourth-order valence-electron chi connectivity index (χ4n) is 3.13. The van der Waals surface area contributed by atoms with E-state index in [1.54, 1.807) is 12.5 Å². The van der Waals surface area contributed by atoms with Gasteiger partial charge < -0.3 is 15.2 Å². The van der Waals surface area contributed by atoms with Gasteiger partial charge in [-0.15, -0.1) is 5.10 Å². The smallest absolute Gasteiger partial charge is 0.278 e. The van der Waals surface area contributed by atoms with E-state index >= 15 is 0 Å². The Balaban J connectivity index is 1.59. The van der Waals surface area contributed by atoms with E-state index in [-0.39, 0.29) is 11.9 Å². The second kappa shape index (κ2) is 6.48. The summed E-state index contributed by atoms with van der Waals surface area (Å²) < 4.78 is 3.69. The second-order valence-corrected chi connectivity index (χ2v) is 6.06. The van der Waals surface area contributed by atoms with Gasteiger partial charge in [0.05, 0.1) is 29.4 Å². The molecule has 0 bridgehead atoms. The van der Waals surface area contributed by atoms with Crippen LogP contribution in [0.1, 0.15) is 28.6 Å². The quantitative estimate of drug-likeness (QED) is 0.754. The normalized spacial score (nSPS) is 16.9. The first-order valence-corrected chi connectivity index (χ1v) is 8.25. The molecule has 1 amide bonds. The number of nitrogens with one attached hydrogen (secondary N) is 2. The summed E-state index contributed by atoms with van der Waals surface area (Å²) in [6.45, 7) is 3.70. The van der Waals surface area contributed by atoms with Gasteiger partial charge in [0.1, 0.15) is 0 Å². The van der Waals surface area contributed by atoms with Crippen LogP contribution in [0.2, 0.25) is 0 Å². The van der Waals surface area contributed by atoms with Gasteiger partial charge in [0, 0.05) is 18.9 Å². The van der Waals surface area contributed by atoms with E-state index in [0.29, 0.717) is 11.4 Å². The average molecular weight is 337 g/mol. The van der Waals surface area contributed by atoms with Gasteiger partial charge in [-0.1, -0.05) is 17.3 Å². The van der Waals surface area contributed by atoms with Crippen LogP contribution in [0.4, 0.5) is 5.69 Å². The molecule has 0 spiro atoms. The van der Waals surface area contributed by atoms with Crippen LogP contribution in [0, 0.1) is 6.92 Å². The van der Waals surface area contributed by atoms with Crippen molar-refractivity contribution in [3.05, 3.63) is 54.4 Å². The molecule has 1 fully saturated rings. The van der Waals surface area contributed by atoms with E-state index < -0.39 is 0 Å². The first-order chi connectivity index (χ1) is 12.2. The van der Waals surface area contributed by atoms with Gasteiger partial charge in [0.25, 0.3) is 5.91 Å². The predicted octanol–water partition coefficient (Wildman–Crippen LogP) is 1.56. The standard InChI is InChI=1S/C17H19N7O/c1-12-16(21-22-24(12)13-6-7-18-10-13)17(25)20-14-4-2-3-5-15(14)23-9-8-19-11-23/h2-5,8-9,11,13,18H,6-7,10H2,1H3,(H,20,25). The number of nitrogens with zero attached hydrogens (tertiary/aromatic N) is 5. The number of carbonyl (C=O) groups is 1. The number of anilines is 1. The van der Waals surface area contributed by atoms with Crippen LogP contribution < -0.4 is 10.6 Å². The molecule has 0 saturated carbocycles. The molecular weight excluding hydrogens is 318 g/mol. The second-order valence-electron chi connectivity index (χ2n) is 6.06. The molecule has 1 unspecified atom stereocenters. The summed E-state index contributed by atoms with van der Waals surface area (Å²) in [5.41, 5.74) is 2.68.